The predicted octanol–water partition coefficient (Wildman–Crippen LogP) is 3.76. The summed E-state index contributed by atoms with van der Waals surface area (Å²) in [4.78, 5) is 16.1. The molecule has 1 saturated carbocycles. The Morgan fingerprint density at radius 1 is 1.00 bits per heavy atom. The zero-order valence-corrected chi connectivity index (χ0v) is 17.6. The number of benzene rings is 1. The van der Waals surface area contributed by atoms with E-state index >= 15 is 0 Å². The van der Waals surface area contributed by atoms with Crippen LogP contribution in [-0.2, 0) is 26.7 Å². The van der Waals surface area contributed by atoms with Gasteiger partial charge in [-0.15, -0.1) is 0 Å². The Balaban J connectivity index is 1.66. The Bertz CT molecular complexity index is 1100. The Morgan fingerprint density at radius 2 is 1.58 bits per heavy atom. The molecule has 0 atom stereocenters. The van der Waals surface area contributed by atoms with E-state index in [0.717, 1.165) is 31.2 Å². The van der Waals surface area contributed by atoms with Gasteiger partial charge in [0.1, 0.15) is 0 Å². The Labute approximate surface area is 184 Å². The monoisotopic (exact) mass is 496 g/mol. The van der Waals surface area contributed by atoms with Gasteiger partial charge in [0, 0.05) is 23.1 Å². The molecule has 0 bridgehead atoms. The molecule has 13 heteroatoms. The standard InChI is InChI=1S/C20H18F6N2O4S/c21-19(22,23)18(30,20(24,25)26)13-3-5-14(6-4-13)28-17(29)9-15-7-8-16(10-27-15)33(31,32)11-12-1-2-12/h3-8,10,12,30H,1-2,9,11H2,(H,28,29). The molecule has 0 radical (unpaired) electrons. The number of aliphatic hydroxyl groups is 1. The molecule has 1 amide bonds. The van der Waals surface area contributed by atoms with Crippen molar-refractivity contribution in [3.05, 3.63) is 53.9 Å². The van der Waals surface area contributed by atoms with Gasteiger partial charge in [0.25, 0.3) is 5.60 Å². The molecular formula is C20H18F6N2O4S. The van der Waals surface area contributed by atoms with Crippen molar-refractivity contribution >= 4 is 21.4 Å². The summed E-state index contributed by atoms with van der Waals surface area (Å²) in [6.07, 6.45) is -9.50. The SMILES string of the molecule is O=C(Cc1ccc(S(=O)(=O)CC2CC2)cn1)Nc1ccc(C(O)(C(F)(F)F)C(F)(F)F)cc1. The average Bonchev–Trinajstić information content (AvgIpc) is 3.50. The van der Waals surface area contributed by atoms with E-state index in [1.807, 2.05) is 0 Å². The third-order valence-corrected chi connectivity index (χ3v) is 6.93. The van der Waals surface area contributed by atoms with E-state index in [4.69, 9.17) is 0 Å². The molecule has 33 heavy (non-hydrogen) atoms. The summed E-state index contributed by atoms with van der Waals surface area (Å²) in [7, 11) is -3.47. The number of aromatic nitrogens is 1. The first kappa shape index (κ1) is 25.0. The largest absolute Gasteiger partial charge is 0.430 e. The Morgan fingerprint density at radius 3 is 2.03 bits per heavy atom. The van der Waals surface area contributed by atoms with Crippen LogP contribution in [0.15, 0.2) is 47.5 Å². The van der Waals surface area contributed by atoms with Crippen LogP contribution in [0.2, 0.25) is 0 Å². The zero-order valence-electron chi connectivity index (χ0n) is 16.7. The van der Waals surface area contributed by atoms with Crippen LogP contribution in [0.4, 0.5) is 32.0 Å². The van der Waals surface area contributed by atoms with Crippen LogP contribution in [0.3, 0.4) is 0 Å². The highest BCUT2D eigenvalue weighted by Gasteiger charge is 2.71. The number of hydrogen-bond acceptors (Lipinski definition) is 5. The van der Waals surface area contributed by atoms with Crippen LogP contribution >= 0.6 is 0 Å². The molecule has 1 fully saturated rings. The van der Waals surface area contributed by atoms with Gasteiger partial charge in [0.05, 0.1) is 17.1 Å². The third-order valence-electron chi connectivity index (χ3n) is 5.06. The minimum Gasteiger partial charge on any atom is -0.369 e. The fraction of sp³-hybridized carbons (Fsp3) is 0.400. The van der Waals surface area contributed by atoms with Gasteiger partial charge in [0.15, 0.2) is 9.84 Å². The minimum atomic E-state index is -6.01. The lowest BCUT2D eigenvalue weighted by Gasteiger charge is -2.32. The molecule has 2 N–H and O–H groups in total. The van der Waals surface area contributed by atoms with Crippen LogP contribution in [0.5, 0.6) is 0 Å². The number of anilines is 1. The molecule has 1 aromatic carbocycles. The Kier molecular flexibility index (Phi) is 6.50. The van der Waals surface area contributed by atoms with Crippen molar-refractivity contribution in [1.29, 1.82) is 0 Å². The van der Waals surface area contributed by atoms with Gasteiger partial charge in [0.2, 0.25) is 5.91 Å². The van der Waals surface area contributed by atoms with Crippen LogP contribution in [0.1, 0.15) is 24.1 Å². The number of nitrogens with zero attached hydrogens (tertiary/aromatic N) is 1. The first-order chi connectivity index (χ1) is 15.1. The maximum absolute atomic E-state index is 12.9. The van der Waals surface area contributed by atoms with Crippen molar-refractivity contribution in [2.75, 3.05) is 11.1 Å². The molecule has 0 unspecified atom stereocenters. The quantitative estimate of drug-likeness (QED) is 0.570. The predicted molar refractivity (Wildman–Crippen MR) is 104 cm³/mol. The number of halogens is 6. The van der Waals surface area contributed by atoms with Crippen molar-refractivity contribution < 1.29 is 44.7 Å². The van der Waals surface area contributed by atoms with E-state index in [1.165, 1.54) is 12.1 Å². The van der Waals surface area contributed by atoms with Gasteiger partial charge in [-0.1, -0.05) is 12.1 Å². The van der Waals surface area contributed by atoms with Crippen LogP contribution in [0, 0.1) is 5.92 Å². The van der Waals surface area contributed by atoms with Crippen molar-refractivity contribution in [3.63, 3.8) is 0 Å². The minimum absolute atomic E-state index is 0.0240. The van der Waals surface area contributed by atoms with E-state index in [2.05, 4.69) is 10.3 Å². The van der Waals surface area contributed by atoms with Gasteiger partial charge < -0.3 is 10.4 Å². The lowest BCUT2D eigenvalue weighted by molar-refractivity contribution is -0.376. The van der Waals surface area contributed by atoms with Crippen molar-refractivity contribution in [1.82, 2.24) is 4.98 Å². The lowest BCUT2D eigenvalue weighted by Crippen LogP contribution is -2.53. The zero-order chi connectivity index (χ0) is 24.7. The number of amides is 1. The number of sulfone groups is 1. The van der Waals surface area contributed by atoms with E-state index in [0.29, 0.717) is 12.1 Å². The molecule has 0 saturated heterocycles. The van der Waals surface area contributed by atoms with Gasteiger partial charge >= 0.3 is 12.4 Å². The number of rotatable bonds is 7. The summed E-state index contributed by atoms with van der Waals surface area (Å²) in [5, 5.41) is 11.7. The van der Waals surface area contributed by atoms with Gasteiger partial charge in [-0.2, -0.15) is 26.3 Å². The highest BCUT2D eigenvalue weighted by molar-refractivity contribution is 7.91. The average molecular weight is 496 g/mol. The van der Waals surface area contributed by atoms with Gasteiger partial charge in [-0.25, -0.2) is 8.42 Å². The maximum Gasteiger partial charge on any atom is 0.430 e. The number of carbonyl (C=O) groups excluding carboxylic acids is 1. The molecule has 1 aromatic heterocycles. The third kappa shape index (κ3) is 5.46. The normalized spacial score (nSPS) is 15.4. The molecule has 1 aliphatic carbocycles. The number of hydrogen-bond donors (Lipinski definition) is 2. The molecule has 1 heterocycles. The summed E-state index contributed by atoms with van der Waals surface area (Å²) in [5.74, 6) is -0.511. The molecule has 6 nitrogen and oxygen atoms in total. The number of alkyl halides is 6. The highest BCUT2D eigenvalue weighted by Crippen LogP contribution is 2.50. The van der Waals surface area contributed by atoms with Crippen LogP contribution in [-0.4, -0.2) is 42.5 Å². The molecule has 0 spiro atoms. The van der Waals surface area contributed by atoms with Gasteiger partial charge in [-0.3, -0.25) is 9.78 Å². The van der Waals surface area contributed by atoms with Crippen molar-refractivity contribution in [2.24, 2.45) is 5.92 Å². The van der Waals surface area contributed by atoms with Crippen LogP contribution < -0.4 is 5.32 Å². The number of pyridine rings is 1. The van der Waals surface area contributed by atoms with Crippen LogP contribution in [0.25, 0.3) is 0 Å². The van der Waals surface area contributed by atoms with E-state index in [1.54, 1.807) is 0 Å². The topological polar surface area (TPSA) is 96.4 Å². The molecule has 2 aromatic rings. The van der Waals surface area contributed by atoms with E-state index in [9.17, 15) is 44.7 Å². The molecule has 180 valence electrons. The maximum atomic E-state index is 12.9. The van der Waals surface area contributed by atoms with Crippen molar-refractivity contribution in [3.8, 4) is 0 Å². The fourth-order valence-electron chi connectivity index (χ4n) is 3.04. The summed E-state index contributed by atoms with van der Waals surface area (Å²) in [5.41, 5.74) is -6.42. The van der Waals surface area contributed by atoms with E-state index < -0.39 is 39.3 Å². The number of nitrogens with one attached hydrogen (secondary N) is 1. The Hall–Kier alpha value is -2.67. The van der Waals surface area contributed by atoms with Crippen molar-refractivity contribution in [2.45, 2.75) is 42.1 Å². The molecule has 1 aliphatic rings. The first-order valence-electron chi connectivity index (χ1n) is 9.57. The summed E-state index contributed by atoms with van der Waals surface area (Å²) in [6, 6.07) is 5.06. The smallest absolute Gasteiger partial charge is 0.369 e. The molecule has 3 rings (SSSR count). The lowest BCUT2D eigenvalue weighted by atomic mass is 9.92. The van der Waals surface area contributed by atoms with E-state index in [-0.39, 0.29) is 34.4 Å². The summed E-state index contributed by atoms with van der Waals surface area (Å²) < 4.78 is 102. The second-order valence-corrected chi connectivity index (χ2v) is 9.75. The van der Waals surface area contributed by atoms with Gasteiger partial charge in [-0.05, 0) is 43.0 Å². The summed E-state index contributed by atoms with van der Waals surface area (Å²) >= 11 is 0. The fourth-order valence-corrected chi connectivity index (χ4v) is 4.68. The molecule has 0 aliphatic heterocycles. The number of carbonyl (C=O) groups is 1. The second kappa shape index (κ2) is 8.60. The summed E-state index contributed by atoms with van der Waals surface area (Å²) in [6.45, 7) is 0. The second-order valence-electron chi connectivity index (χ2n) is 7.72. The first-order valence-corrected chi connectivity index (χ1v) is 11.2. The highest BCUT2D eigenvalue weighted by atomic mass is 32.2. The molecular weight excluding hydrogens is 478 g/mol.